The molecular weight excluding hydrogens is 114 g/mol. The number of hydrogen-bond acceptors (Lipinski definition) is 3. The Bertz CT molecular complexity index is 193. The van der Waals surface area contributed by atoms with Crippen molar-refractivity contribution in [1.82, 2.24) is 15.8 Å². The maximum atomic E-state index is 4.12. The fraction of sp³-hybridized carbons (Fsp3) is 0.167. The Morgan fingerprint density at radius 1 is 1.33 bits per heavy atom. The summed E-state index contributed by atoms with van der Waals surface area (Å²) in [4.78, 5) is 4.12. The molecule has 1 aromatic heterocycles. The highest BCUT2D eigenvalue weighted by atomic mass is 15.6. The van der Waals surface area contributed by atoms with Crippen molar-refractivity contribution in [2.24, 2.45) is 0 Å². The molecule has 3 heteroatoms. The Labute approximate surface area is 53.1 Å². The van der Waals surface area contributed by atoms with E-state index in [1.165, 1.54) is 0 Å². The summed E-state index contributed by atoms with van der Waals surface area (Å²) in [6.45, 7) is 0. The van der Waals surface area contributed by atoms with E-state index >= 15 is 0 Å². The third-order valence-corrected chi connectivity index (χ3v) is 1.27. The van der Waals surface area contributed by atoms with Crippen LogP contribution in [-0.4, -0.2) is 4.98 Å². The molecule has 1 aliphatic rings. The molecule has 0 aromatic carbocycles. The van der Waals surface area contributed by atoms with Crippen LogP contribution in [0.25, 0.3) is 0 Å². The number of aromatic nitrogens is 1. The first kappa shape index (κ1) is 4.90. The second-order valence-corrected chi connectivity index (χ2v) is 1.98. The fourth-order valence-electron chi connectivity index (χ4n) is 0.736. The average Bonchev–Trinajstić information content (AvgIpc) is 2.71. The van der Waals surface area contributed by atoms with Crippen molar-refractivity contribution in [1.29, 1.82) is 0 Å². The van der Waals surface area contributed by atoms with Gasteiger partial charge in [0.1, 0.15) is 6.17 Å². The lowest BCUT2D eigenvalue weighted by atomic mass is 10.3. The predicted molar refractivity (Wildman–Crippen MR) is 33.2 cm³/mol. The topological polar surface area (TPSA) is 56.8 Å². The van der Waals surface area contributed by atoms with Gasteiger partial charge in [-0.2, -0.15) is 0 Å². The summed E-state index contributed by atoms with van der Waals surface area (Å²) >= 11 is 0. The molecule has 0 spiro atoms. The second kappa shape index (κ2) is 1.79. The van der Waals surface area contributed by atoms with Crippen LogP contribution in [0.3, 0.4) is 0 Å². The summed E-state index contributed by atoms with van der Waals surface area (Å²) in [5, 5.41) is 0. The van der Waals surface area contributed by atoms with Gasteiger partial charge in [-0.1, -0.05) is 6.07 Å². The maximum absolute atomic E-state index is 4.12. The molecule has 0 bridgehead atoms. The van der Waals surface area contributed by atoms with Gasteiger partial charge >= 0.3 is 0 Å². The summed E-state index contributed by atoms with van der Waals surface area (Å²) in [5.41, 5.74) is 6.93. The molecule has 0 saturated carbocycles. The van der Waals surface area contributed by atoms with Crippen molar-refractivity contribution in [2.45, 2.75) is 6.17 Å². The number of hydrogen-bond donors (Lipinski definition) is 2. The van der Waals surface area contributed by atoms with Crippen LogP contribution in [0.15, 0.2) is 24.4 Å². The summed E-state index contributed by atoms with van der Waals surface area (Å²) in [5.74, 6) is 0. The SMILES string of the molecule is c1ccc(C2NN2)nc1. The van der Waals surface area contributed by atoms with Gasteiger partial charge in [-0.3, -0.25) is 4.98 Å². The fourth-order valence-corrected chi connectivity index (χ4v) is 0.736. The normalized spacial score (nSPS) is 17.8. The first-order chi connectivity index (χ1) is 4.47. The number of nitrogens with one attached hydrogen (secondary N) is 2. The highest BCUT2D eigenvalue weighted by Gasteiger charge is 2.21. The zero-order chi connectivity index (χ0) is 6.10. The standard InChI is InChI=1S/C6H7N3/c1-2-4-7-5(3-1)6-8-9-6/h1-4,6,8-9H. The van der Waals surface area contributed by atoms with E-state index in [2.05, 4.69) is 15.8 Å². The van der Waals surface area contributed by atoms with Gasteiger partial charge in [-0.25, -0.2) is 10.9 Å². The average molecular weight is 121 g/mol. The molecule has 1 saturated heterocycles. The van der Waals surface area contributed by atoms with Gasteiger partial charge in [0.15, 0.2) is 0 Å². The van der Waals surface area contributed by atoms with Crippen molar-refractivity contribution in [3.63, 3.8) is 0 Å². The molecule has 46 valence electrons. The summed E-state index contributed by atoms with van der Waals surface area (Å²) in [6.07, 6.45) is 2.09. The predicted octanol–water partition coefficient (Wildman–Crippen LogP) is 0.188. The first-order valence-electron chi connectivity index (χ1n) is 2.89. The van der Waals surface area contributed by atoms with Crippen molar-refractivity contribution in [3.05, 3.63) is 30.1 Å². The van der Waals surface area contributed by atoms with Crippen molar-refractivity contribution < 1.29 is 0 Å². The Kier molecular flexibility index (Phi) is 0.974. The summed E-state index contributed by atoms with van der Waals surface area (Å²) in [6, 6.07) is 5.87. The minimum Gasteiger partial charge on any atom is -0.258 e. The van der Waals surface area contributed by atoms with E-state index in [1.807, 2.05) is 18.2 Å². The monoisotopic (exact) mass is 121 g/mol. The summed E-state index contributed by atoms with van der Waals surface area (Å²) < 4.78 is 0. The molecule has 1 aromatic rings. The molecular formula is C6H7N3. The molecule has 0 amide bonds. The third-order valence-electron chi connectivity index (χ3n) is 1.27. The molecule has 0 unspecified atom stereocenters. The Hall–Kier alpha value is -0.930. The molecule has 1 aliphatic heterocycles. The van der Waals surface area contributed by atoms with E-state index in [4.69, 9.17) is 0 Å². The quantitative estimate of drug-likeness (QED) is 0.521. The largest absolute Gasteiger partial charge is 0.258 e. The van der Waals surface area contributed by atoms with E-state index in [0.717, 1.165) is 5.69 Å². The Balaban J connectivity index is 2.29. The number of nitrogens with zero attached hydrogens (tertiary/aromatic N) is 1. The molecule has 0 radical (unpaired) electrons. The van der Waals surface area contributed by atoms with Gasteiger partial charge in [-0.05, 0) is 12.1 Å². The zero-order valence-corrected chi connectivity index (χ0v) is 4.83. The summed E-state index contributed by atoms with van der Waals surface area (Å²) in [7, 11) is 0. The van der Waals surface area contributed by atoms with Crippen molar-refractivity contribution >= 4 is 0 Å². The van der Waals surface area contributed by atoms with Crippen LogP contribution in [0.1, 0.15) is 11.9 Å². The van der Waals surface area contributed by atoms with Crippen LogP contribution >= 0.6 is 0 Å². The van der Waals surface area contributed by atoms with Gasteiger partial charge in [-0.15, -0.1) is 0 Å². The van der Waals surface area contributed by atoms with Crippen LogP contribution in [-0.2, 0) is 0 Å². The lowest BCUT2D eigenvalue weighted by Gasteiger charge is -1.88. The Morgan fingerprint density at radius 2 is 2.22 bits per heavy atom. The lowest BCUT2D eigenvalue weighted by molar-refractivity contribution is 0.977. The molecule has 3 nitrogen and oxygen atoms in total. The maximum Gasteiger partial charge on any atom is 0.126 e. The zero-order valence-electron chi connectivity index (χ0n) is 4.83. The van der Waals surface area contributed by atoms with E-state index in [9.17, 15) is 0 Å². The molecule has 9 heavy (non-hydrogen) atoms. The van der Waals surface area contributed by atoms with Gasteiger partial charge in [0.2, 0.25) is 0 Å². The third kappa shape index (κ3) is 0.918. The highest BCUT2D eigenvalue weighted by molar-refractivity contribution is 5.10. The molecule has 2 N–H and O–H groups in total. The van der Waals surface area contributed by atoms with Crippen LogP contribution in [0.2, 0.25) is 0 Å². The second-order valence-electron chi connectivity index (χ2n) is 1.98. The van der Waals surface area contributed by atoms with E-state index in [1.54, 1.807) is 6.20 Å². The van der Waals surface area contributed by atoms with Gasteiger partial charge in [0.25, 0.3) is 0 Å². The van der Waals surface area contributed by atoms with Gasteiger partial charge < -0.3 is 0 Å². The van der Waals surface area contributed by atoms with Gasteiger partial charge in [0.05, 0.1) is 5.69 Å². The minimum absolute atomic E-state index is 0.297. The highest BCUT2D eigenvalue weighted by Crippen LogP contribution is 2.10. The lowest BCUT2D eigenvalue weighted by Crippen LogP contribution is -1.87. The molecule has 1 fully saturated rings. The van der Waals surface area contributed by atoms with Crippen LogP contribution in [0.4, 0.5) is 0 Å². The van der Waals surface area contributed by atoms with Crippen molar-refractivity contribution in [2.75, 3.05) is 0 Å². The van der Waals surface area contributed by atoms with Crippen LogP contribution in [0, 0.1) is 0 Å². The number of rotatable bonds is 1. The van der Waals surface area contributed by atoms with Crippen LogP contribution < -0.4 is 10.9 Å². The molecule has 2 rings (SSSR count). The van der Waals surface area contributed by atoms with Crippen molar-refractivity contribution in [3.8, 4) is 0 Å². The molecule has 2 heterocycles. The number of pyridine rings is 1. The van der Waals surface area contributed by atoms with E-state index < -0.39 is 0 Å². The van der Waals surface area contributed by atoms with E-state index in [0.29, 0.717) is 6.17 Å². The molecule has 0 atom stereocenters. The Morgan fingerprint density at radius 3 is 2.78 bits per heavy atom. The van der Waals surface area contributed by atoms with E-state index in [-0.39, 0.29) is 0 Å². The molecule has 0 aliphatic carbocycles. The smallest absolute Gasteiger partial charge is 0.126 e. The van der Waals surface area contributed by atoms with Gasteiger partial charge in [0, 0.05) is 6.20 Å². The number of hydrazine groups is 1. The minimum atomic E-state index is 0.297. The first-order valence-corrected chi connectivity index (χ1v) is 2.89. The van der Waals surface area contributed by atoms with Crippen LogP contribution in [0.5, 0.6) is 0 Å².